The van der Waals surface area contributed by atoms with Crippen LogP contribution in [0.2, 0.25) is 0 Å². The van der Waals surface area contributed by atoms with Crippen molar-refractivity contribution in [3.05, 3.63) is 106 Å². The van der Waals surface area contributed by atoms with Crippen LogP contribution in [-0.4, -0.2) is 104 Å². The summed E-state index contributed by atoms with van der Waals surface area (Å²) in [6, 6.07) is 12.6. The van der Waals surface area contributed by atoms with E-state index in [1.54, 1.807) is 19.1 Å². The molecule has 0 saturated heterocycles. The molecule has 18 heteroatoms. The maximum Gasteiger partial charge on any atom is 0.335 e. The van der Waals surface area contributed by atoms with Crippen molar-refractivity contribution in [1.82, 2.24) is 31.2 Å². The molecule has 0 unspecified atom stereocenters. The number of hydrogen-bond acceptors (Lipinski definition) is 14. The summed E-state index contributed by atoms with van der Waals surface area (Å²) in [6.07, 6.45) is 0. The largest absolute Gasteiger partial charge is 0.508 e. The van der Waals surface area contributed by atoms with Crippen LogP contribution in [0.1, 0.15) is 80.5 Å². The zero-order valence-electron chi connectivity index (χ0n) is 33.3. The van der Waals surface area contributed by atoms with Crippen molar-refractivity contribution in [3.8, 4) is 38.4 Å². The van der Waals surface area contributed by atoms with E-state index in [1.165, 1.54) is 53.2 Å². The van der Waals surface area contributed by atoms with Crippen molar-refractivity contribution in [2.45, 2.75) is 34.6 Å². The highest BCUT2D eigenvalue weighted by Crippen LogP contribution is 2.33. The Bertz CT molecular complexity index is 2070. The Labute approximate surface area is 350 Å². The van der Waals surface area contributed by atoms with Gasteiger partial charge in [-0.3, -0.25) is 9.59 Å². The summed E-state index contributed by atoms with van der Waals surface area (Å²) in [7, 11) is 0. The van der Waals surface area contributed by atoms with Gasteiger partial charge in [0.05, 0.1) is 22.3 Å². The number of rotatable bonds is 16. The molecule has 0 radical (unpaired) electrons. The lowest BCUT2D eigenvalue weighted by Crippen LogP contribution is -2.37. The van der Waals surface area contributed by atoms with Crippen molar-refractivity contribution in [2.75, 3.05) is 39.3 Å². The fourth-order valence-corrected chi connectivity index (χ4v) is 6.30. The van der Waals surface area contributed by atoms with Gasteiger partial charge >= 0.3 is 11.9 Å². The number of benzene rings is 3. The number of carboxylic acids is 2. The molecule has 2 heterocycles. The number of hydrogen-bond donors (Lipinski definition) is 10. The maximum absolute atomic E-state index is 12.4. The van der Waals surface area contributed by atoms with Gasteiger partial charge in [0.2, 0.25) is 0 Å². The minimum atomic E-state index is -1.14. The number of phenols is 3. The standard InChI is InChI=1S/C28H28N6O8S2.C9H10O2.2C2H6/c35-21-3-1-15(27(39)40)11-17(21)25-33-19(13-43-25)23(37)31-9-7-29-5-6-30-8-10-32-24(38)20-14-44-26(34-20)18-12-16(28(41)42)2-4-22(18)36;1-6-5-8(7(2)10)3-4-9(6)11;2*1-2/h1-4,11-14,29-30,35-36H,5-10H2,(H,31,37)(H,32,38)(H,39,40)(H,41,42);3-5,10-11H,2H2,1H3;2*1-2H3. The van der Waals surface area contributed by atoms with Crippen molar-refractivity contribution in [1.29, 1.82) is 0 Å². The third kappa shape index (κ3) is 15.2. The number of aliphatic hydroxyl groups is 1. The quantitative estimate of drug-likeness (QED) is 0.0383. The van der Waals surface area contributed by atoms with Crippen molar-refractivity contribution >= 4 is 52.2 Å². The van der Waals surface area contributed by atoms with Crippen LogP contribution in [0.3, 0.4) is 0 Å². The number of aryl methyl sites for hydroxylation is 1. The lowest BCUT2D eigenvalue weighted by molar-refractivity contribution is 0.0686. The molecule has 16 nitrogen and oxygen atoms in total. The number of nitrogens with zero attached hydrogens (tertiary/aromatic N) is 2. The van der Waals surface area contributed by atoms with Gasteiger partial charge in [-0.25, -0.2) is 19.6 Å². The highest BCUT2D eigenvalue weighted by atomic mass is 32.1. The molecule has 0 aliphatic rings. The number of phenolic OH excluding ortho intramolecular Hbond substituents is 3. The first-order valence-electron chi connectivity index (χ1n) is 18.4. The van der Waals surface area contributed by atoms with Crippen LogP contribution >= 0.6 is 22.7 Å². The molecule has 316 valence electrons. The summed E-state index contributed by atoms with van der Waals surface area (Å²) in [5, 5.41) is 72.1. The number of amides is 2. The predicted octanol–water partition coefficient (Wildman–Crippen LogP) is 6.36. The molecule has 0 atom stereocenters. The minimum Gasteiger partial charge on any atom is -0.508 e. The summed E-state index contributed by atoms with van der Waals surface area (Å²) < 4.78 is 0. The third-order valence-corrected chi connectivity index (χ3v) is 9.36. The second kappa shape index (κ2) is 25.1. The molecule has 5 aromatic rings. The van der Waals surface area contributed by atoms with Gasteiger partial charge < -0.3 is 51.9 Å². The number of carbonyl (C=O) groups is 4. The van der Waals surface area contributed by atoms with Gasteiger partial charge in [-0.15, -0.1) is 22.7 Å². The van der Waals surface area contributed by atoms with Crippen LogP contribution < -0.4 is 21.3 Å². The molecule has 3 aromatic carbocycles. The van der Waals surface area contributed by atoms with Crippen LogP contribution in [0.15, 0.2) is 71.9 Å². The van der Waals surface area contributed by atoms with Gasteiger partial charge in [0.15, 0.2) is 0 Å². The van der Waals surface area contributed by atoms with Crippen molar-refractivity contribution in [2.24, 2.45) is 0 Å². The lowest BCUT2D eigenvalue weighted by atomic mass is 10.1. The number of carbonyl (C=O) groups excluding carboxylic acids is 2. The Morgan fingerprint density at radius 2 is 0.949 bits per heavy atom. The first kappa shape index (κ1) is 48.8. The number of carboxylic acid groups (broad SMARTS) is 2. The summed E-state index contributed by atoms with van der Waals surface area (Å²) in [5.74, 6) is -3.07. The molecule has 0 aliphatic carbocycles. The zero-order valence-corrected chi connectivity index (χ0v) is 35.0. The van der Waals surface area contributed by atoms with E-state index in [9.17, 15) is 29.4 Å². The first-order chi connectivity index (χ1) is 28.2. The minimum absolute atomic E-state index is 0.000296. The van der Waals surface area contributed by atoms with Gasteiger partial charge in [0, 0.05) is 55.6 Å². The number of nitrogens with one attached hydrogen (secondary N) is 4. The fourth-order valence-electron chi connectivity index (χ4n) is 4.66. The van der Waals surface area contributed by atoms with E-state index >= 15 is 0 Å². The Balaban J connectivity index is 0.000000680. The van der Waals surface area contributed by atoms with E-state index in [1.807, 2.05) is 27.7 Å². The Morgan fingerprint density at radius 1 is 0.576 bits per heavy atom. The van der Waals surface area contributed by atoms with Gasteiger partial charge in [-0.1, -0.05) is 34.3 Å². The number of aromatic nitrogens is 2. The fraction of sp³-hybridized carbons (Fsp3) is 0.268. The predicted molar refractivity (Wildman–Crippen MR) is 230 cm³/mol. The van der Waals surface area contributed by atoms with Gasteiger partial charge in [-0.2, -0.15) is 0 Å². The molecule has 5 rings (SSSR count). The van der Waals surface area contributed by atoms with E-state index in [0.29, 0.717) is 54.8 Å². The van der Waals surface area contributed by atoms with E-state index in [0.717, 1.165) is 28.2 Å². The topological polar surface area (TPSA) is 264 Å². The number of aromatic carboxylic acids is 2. The summed E-state index contributed by atoms with van der Waals surface area (Å²) >= 11 is 2.24. The van der Waals surface area contributed by atoms with E-state index in [4.69, 9.17) is 20.4 Å². The van der Waals surface area contributed by atoms with E-state index in [-0.39, 0.29) is 56.6 Å². The molecular weight excluding hydrogens is 801 g/mol. The van der Waals surface area contributed by atoms with E-state index in [2.05, 4.69) is 37.8 Å². The molecule has 0 saturated carbocycles. The average molecular weight is 851 g/mol. The Kier molecular flexibility index (Phi) is 20.8. The molecule has 0 spiro atoms. The van der Waals surface area contributed by atoms with Gasteiger partial charge in [-0.05, 0) is 67.1 Å². The SMILES string of the molecule is C=C(O)c1ccc(O)c(C)c1.CC.CC.O=C(O)c1ccc(O)c(-c2nc(C(=O)NCCNCCNCCNC(=O)c3csc(-c4cc(C(=O)O)ccc4O)n3)cs2)c1. The molecule has 59 heavy (non-hydrogen) atoms. The van der Waals surface area contributed by atoms with Crippen LogP contribution in [0, 0.1) is 6.92 Å². The number of thiazole rings is 2. The van der Waals surface area contributed by atoms with Crippen LogP contribution in [0.5, 0.6) is 17.2 Å². The Morgan fingerprint density at radius 3 is 1.32 bits per heavy atom. The normalized spacial score (nSPS) is 10.1. The summed E-state index contributed by atoms with van der Waals surface area (Å²) in [5.41, 5.74) is 2.17. The second-order valence-corrected chi connectivity index (χ2v) is 13.3. The number of aromatic hydroxyl groups is 3. The molecule has 0 fully saturated rings. The first-order valence-corrected chi connectivity index (χ1v) is 20.2. The molecule has 2 amide bonds. The number of aliphatic hydroxyl groups excluding tert-OH is 1. The van der Waals surface area contributed by atoms with Gasteiger partial charge in [0.1, 0.15) is 44.4 Å². The molecular formula is C41H50N6O10S2. The summed E-state index contributed by atoms with van der Waals surface area (Å²) in [6.45, 7) is 16.0. The third-order valence-electron chi connectivity index (χ3n) is 7.60. The van der Waals surface area contributed by atoms with Crippen molar-refractivity contribution in [3.63, 3.8) is 0 Å². The summed E-state index contributed by atoms with van der Waals surface area (Å²) in [4.78, 5) is 55.7. The highest BCUT2D eigenvalue weighted by molar-refractivity contribution is 7.13. The molecule has 2 aromatic heterocycles. The Hall–Kier alpha value is -6.34. The monoisotopic (exact) mass is 850 g/mol. The molecule has 0 aliphatic heterocycles. The second-order valence-electron chi connectivity index (χ2n) is 11.6. The van der Waals surface area contributed by atoms with Crippen LogP contribution in [0.25, 0.3) is 26.9 Å². The lowest BCUT2D eigenvalue weighted by Gasteiger charge is -2.08. The van der Waals surface area contributed by atoms with Gasteiger partial charge in [0.25, 0.3) is 11.8 Å². The van der Waals surface area contributed by atoms with E-state index < -0.39 is 23.8 Å². The maximum atomic E-state index is 12.4. The molecule has 0 bridgehead atoms. The smallest absolute Gasteiger partial charge is 0.335 e. The van der Waals surface area contributed by atoms with Crippen LogP contribution in [-0.2, 0) is 0 Å². The average Bonchev–Trinajstić information content (AvgIpc) is 3.93. The van der Waals surface area contributed by atoms with Crippen molar-refractivity contribution < 1.29 is 49.8 Å². The van der Waals surface area contributed by atoms with Crippen LogP contribution in [0.4, 0.5) is 0 Å². The zero-order chi connectivity index (χ0) is 44.1. The highest BCUT2D eigenvalue weighted by Gasteiger charge is 2.17. The molecule has 10 N–H and O–H groups in total.